The average molecular weight is 297 g/mol. The van der Waals surface area contributed by atoms with Gasteiger partial charge in [0.2, 0.25) is 0 Å². The summed E-state index contributed by atoms with van der Waals surface area (Å²) in [5, 5.41) is 0. The summed E-state index contributed by atoms with van der Waals surface area (Å²) in [6.07, 6.45) is 2.35. The highest BCUT2D eigenvalue weighted by molar-refractivity contribution is 5.53. The van der Waals surface area contributed by atoms with Crippen molar-refractivity contribution in [3.63, 3.8) is 0 Å². The Morgan fingerprint density at radius 3 is 2.45 bits per heavy atom. The predicted octanol–water partition coefficient (Wildman–Crippen LogP) is 4.35. The van der Waals surface area contributed by atoms with E-state index in [4.69, 9.17) is 9.47 Å². The van der Waals surface area contributed by atoms with Crippen LogP contribution in [0.4, 0.5) is 5.69 Å². The quantitative estimate of drug-likeness (QED) is 0.837. The smallest absolute Gasteiger partial charge is 0.127 e. The zero-order chi connectivity index (χ0) is 15.5. The fraction of sp³-hybridized carbons (Fsp3) is 0.368. The van der Waals surface area contributed by atoms with Crippen molar-refractivity contribution in [1.82, 2.24) is 0 Å². The van der Waals surface area contributed by atoms with Crippen LogP contribution in [-0.2, 0) is 0 Å². The molecule has 22 heavy (non-hydrogen) atoms. The Balaban J connectivity index is 1.94. The molecule has 1 heterocycles. The summed E-state index contributed by atoms with van der Waals surface area (Å²) < 4.78 is 10.9. The summed E-state index contributed by atoms with van der Waals surface area (Å²) in [7, 11) is 3.41. The largest absolute Gasteiger partial charge is 0.497 e. The summed E-state index contributed by atoms with van der Waals surface area (Å²) in [5.41, 5.74) is 3.81. The van der Waals surface area contributed by atoms with Crippen molar-refractivity contribution >= 4 is 5.69 Å². The minimum absolute atomic E-state index is 0.364. The highest BCUT2D eigenvalue weighted by atomic mass is 16.5. The number of rotatable bonds is 4. The molecule has 1 saturated heterocycles. The summed E-state index contributed by atoms with van der Waals surface area (Å²) >= 11 is 0. The van der Waals surface area contributed by atoms with Gasteiger partial charge in [0.25, 0.3) is 0 Å². The second-order valence-corrected chi connectivity index (χ2v) is 5.79. The van der Waals surface area contributed by atoms with Crippen LogP contribution in [0.5, 0.6) is 11.5 Å². The molecule has 2 aromatic carbocycles. The highest BCUT2D eigenvalue weighted by Gasteiger charge is 2.28. The van der Waals surface area contributed by atoms with E-state index < -0.39 is 0 Å². The lowest BCUT2D eigenvalue weighted by Gasteiger charge is -2.28. The SMILES string of the molecule is COc1ccc(C2CCCN2c2ccc(C)cc2)c(OC)c1. The maximum Gasteiger partial charge on any atom is 0.127 e. The first-order chi connectivity index (χ1) is 10.7. The average Bonchev–Trinajstić information content (AvgIpc) is 3.04. The van der Waals surface area contributed by atoms with Gasteiger partial charge in [-0.2, -0.15) is 0 Å². The van der Waals surface area contributed by atoms with E-state index in [0.717, 1.165) is 24.5 Å². The van der Waals surface area contributed by atoms with Crippen molar-refractivity contribution in [3.05, 3.63) is 53.6 Å². The highest BCUT2D eigenvalue weighted by Crippen LogP contribution is 2.41. The molecule has 0 saturated carbocycles. The number of aryl methyl sites for hydroxylation is 1. The van der Waals surface area contributed by atoms with Gasteiger partial charge in [-0.05, 0) is 44.0 Å². The van der Waals surface area contributed by atoms with Gasteiger partial charge in [-0.25, -0.2) is 0 Å². The predicted molar refractivity (Wildman–Crippen MR) is 90.0 cm³/mol. The van der Waals surface area contributed by atoms with E-state index in [0.29, 0.717) is 6.04 Å². The molecule has 0 spiro atoms. The molecule has 3 heteroatoms. The Hall–Kier alpha value is -2.16. The molecule has 116 valence electrons. The van der Waals surface area contributed by atoms with Gasteiger partial charge in [-0.15, -0.1) is 0 Å². The second-order valence-electron chi connectivity index (χ2n) is 5.79. The van der Waals surface area contributed by atoms with Gasteiger partial charge in [0.05, 0.1) is 20.3 Å². The standard InChI is InChI=1S/C19H23NO2/c1-14-6-8-15(9-7-14)20-12-4-5-18(20)17-11-10-16(21-2)13-19(17)22-3/h6-11,13,18H,4-5,12H2,1-3H3. The number of hydrogen-bond donors (Lipinski definition) is 0. The number of benzene rings is 2. The number of nitrogens with zero attached hydrogens (tertiary/aromatic N) is 1. The zero-order valence-electron chi connectivity index (χ0n) is 13.5. The Kier molecular flexibility index (Phi) is 4.23. The lowest BCUT2D eigenvalue weighted by molar-refractivity contribution is 0.388. The number of hydrogen-bond acceptors (Lipinski definition) is 3. The van der Waals surface area contributed by atoms with Crippen LogP contribution < -0.4 is 14.4 Å². The molecular formula is C19H23NO2. The van der Waals surface area contributed by atoms with Crippen LogP contribution in [0, 0.1) is 6.92 Å². The third-order valence-electron chi connectivity index (χ3n) is 4.42. The van der Waals surface area contributed by atoms with Crippen LogP contribution in [0.1, 0.15) is 30.0 Å². The van der Waals surface area contributed by atoms with Crippen LogP contribution >= 0.6 is 0 Å². The van der Waals surface area contributed by atoms with Crippen molar-refractivity contribution < 1.29 is 9.47 Å². The van der Waals surface area contributed by atoms with Crippen molar-refractivity contribution in [3.8, 4) is 11.5 Å². The van der Waals surface area contributed by atoms with Gasteiger partial charge in [0.1, 0.15) is 11.5 Å². The van der Waals surface area contributed by atoms with E-state index in [2.05, 4.69) is 42.2 Å². The van der Waals surface area contributed by atoms with Crippen molar-refractivity contribution in [1.29, 1.82) is 0 Å². The topological polar surface area (TPSA) is 21.7 Å². The molecule has 0 N–H and O–H groups in total. The monoisotopic (exact) mass is 297 g/mol. The number of ether oxygens (including phenoxy) is 2. The Morgan fingerprint density at radius 1 is 1.00 bits per heavy atom. The summed E-state index contributed by atoms with van der Waals surface area (Å²) in [6.45, 7) is 3.21. The normalized spacial score (nSPS) is 17.6. The molecule has 2 aromatic rings. The van der Waals surface area contributed by atoms with Crippen LogP contribution in [0.3, 0.4) is 0 Å². The minimum Gasteiger partial charge on any atom is -0.497 e. The Morgan fingerprint density at radius 2 is 1.77 bits per heavy atom. The first-order valence-corrected chi connectivity index (χ1v) is 7.78. The maximum atomic E-state index is 5.60. The van der Waals surface area contributed by atoms with E-state index in [1.54, 1.807) is 14.2 Å². The van der Waals surface area contributed by atoms with E-state index in [-0.39, 0.29) is 0 Å². The Bertz CT molecular complexity index is 636. The molecule has 3 nitrogen and oxygen atoms in total. The van der Waals surface area contributed by atoms with Crippen LogP contribution in [0.15, 0.2) is 42.5 Å². The molecule has 0 aliphatic carbocycles. The van der Waals surface area contributed by atoms with Gasteiger partial charge >= 0.3 is 0 Å². The van der Waals surface area contributed by atoms with Gasteiger partial charge in [0.15, 0.2) is 0 Å². The third-order valence-corrected chi connectivity index (χ3v) is 4.42. The summed E-state index contributed by atoms with van der Waals surface area (Å²) in [4.78, 5) is 2.48. The molecule has 1 fully saturated rings. The van der Waals surface area contributed by atoms with E-state index in [9.17, 15) is 0 Å². The zero-order valence-corrected chi connectivity index (χ0v) is 13.5. The molecule has 1 unspecified atom stereocenters. The maximum absolute atomic E-state index is 5.60. The molecule has 1 aliphatic rings. The van der Waals surface area contributed by atoms with Gasteiger partial charge in [0, 0.05) is 23.9 Å². The molecule has 0 aromatic heterocycles. The molecule has 3 rings (SSSR count). The van der Waals surface area contributed by atoms with Crippen molar-refractivity contribution in [2.75, 3.05) is 25.7 Å². The van der Waals surface area contributed by atoms with Crippen LogP contribution in [0.2, 0.25) is 0 Å². The first-order valence-electron chi connectivity index (χ1n) is 7.78. The molecule has 0 bridgehead atoms. The van der Waals surface area contributed by atoms with E-state index in [1.165, 1.54) is 23.2 Å². The molecule has 1 aliphatic heterocycles. The lowest BCUT2D eigenvalue weighted by atomic mass is 10.0. The summed E-state index contributed by atoms with van der Waals surface area (Å²) in [6, 6.07) is 15.3. The fourth-order valence-electron chi connectivity index (χ4n) is 3.23. The van der Waals surface area contributed by atoms with Gasteiger partial charge in [-0.3, -0.25) is 0 Å². The van der Waals surface area contributed by atoms with Gasteiger partial charge in [-0.1, -0.05) is 17.7 Å². The minimum atomic E-state index is 0.364. The summed E-state index contributed by atoms with van der Waals surface area (Å²) in [5.74, 6) is 1.74. The Labute approximate surface area is 132 Å². The second kappa shape index (κ2) is 6.30. The molecule has 0 amide bonds. The first kappa shape index (κ1) is 14.8. The van der Waals surface area contributed by atoms with Crippen molar-refractivity contribution in [2.24, 2.45) is 0 Å². The molecule has 0 radical (unpaired) electrons. The lowest BCUT2D eigenvalue weighted by Crippen LogP contribution is -2.22. The molecular weight excluding hydrogens is 274 g/mol. The van der Waals surface area contributed by atoms with Crippen LogP contribution in [0.25, 0.3) is 0 Å². The van der Waals surface area contributed by atoms with Gasteiger partial charge < -0.3 is 14.4 Å². The number of anilines is 1. The molecule has 1 atom stereocenters. The van der Waals surface area contributed by atoms with Crippen molar-refractivity contribution in [2.45, 2.75) is 25.8 Å². The van der Waals surface area contributed by atoms with Crippen LogP contribution in [-0.4, -0.2) is 20.8 Å². The van der Waals surface area contributed by atoms with E-state index >= 15 is 0 Å². The van der Waals surface area contributed by atoms with E-state index in [1.807, 2.05) is 12.1 Å². The fourth-order valence-corrected chi connectivity index (χ4v) is 3.23. The number of methoxy groups -OCH3 is 2. The third kappa shape index (κ3) is 2.76.